The summed E-state index contributed by atoms with van der Waals surface area (Å²) < 4.78 is 49.6. The molecule has 5 nitrogen and oxygen atoms in total. The molecule has 0 radical (unpaired) electrons. The fraction of sp³-hybridized carbons (Fsp3) is 0.600. The number of likely N-dealkylation sites (tertiary alicyclic amines) is 1. The van der Waals surface area contributed by atoms with Gasteiger partial charge in [-0.1, -0.05) is 11.6 Å². The first kappa shape index (κ1) is 20.6. The van der Waals surface area contributed by atoms with Crippen LogP contribution < -0.4 is 4.74 Å². The average Bonchev–Trinajstić information content (AvgIpc) is 3.14. The largest absolute Gasteiger partial charge is 0.481 e. The Bertz CT molecular complexity index is 748. The van der Waals surface area contributed by atoms with Crippen molar-refractivity contribution in [2.45, 2.75) is 44.4 Å². The number of ether oxygens (including phenoxy) is 2. The summed E-state index contributed by atoms with van der Waals surface area (Å²) in [5, 5.41) is 0. The van der Waals surface area contributed by atoms with E-state index in [0.29, 0.717) is 18.2 Å². The molecule has 3 rings (SSSR count). The molecule has 1 fully saturated rings. The number of halogens is 3. The van der Waals surface area contributed by atoms with E-state index in [9.17, 15) is 13.2 Å². The maximum atomic E-state index is 13.1. The first-order valence-corrected chi connectivity index (χ1v) is 9.43. The van der Waals surface area contributed by atoms with Crippen LogP contribution in [-0.4, -0.2) is 55.3 Å². The molecular formula is C20H26F3N3O2. The Balaban J connectivity index is 1.62. The summed E-state index contributed by atoms with van der Waals surface area (Å²) >= 11 is 0. The standard InChI is InChI=1S/C20H26F3N3O2/c1-13(16-5-4-6-18(24-16)27-2)26-8-7-14(12-26)9-15-10-17(20(21,22)23)25-19(11-15)28-3/h4-6,11,13-14,17H,7-10,12H2,1-3H3/t13?,14-,17?/m1/s1. The SMILES string of the molecule is COC1=NC(C(F)(F)F)CC(C[C@H]2CCN(C(C)c3cccc(OC)n3)C2)=C1. The maximum Gasteiger partial charge on any atom is 0.411 e. The molecule has 1 saturated heterocycles. The topological polar surface area (TPSA) is 47.0 Å². The minimum absolute atomic E-state index is 0.0624. The van der Waals surface area contributed by atoms with Crippen molar-refractivity contribution in [3.8, 4) is 5.88 Å². The number of nitrogens with zero attached hydrogens (tertiary/aromatic N) is 3. The van der Waals surface area contributed by atoms with E-state index >= 15 is 0 Å². The molecule has 28 heavy (non-hydrogen) atoms. The Labute approximate surface area is 163 Å². The highest BCUT2D eigenvalue weighted by molar-refractivity contribution is 5.89. The Morgan fingerprint density at radius 1 is 1.25 bits per heavy atom. The highest BCUT2D eigenvalue weighted by Gasteiger charge is 2.42. The lowest BCUT2D eigenvalue weighted by Gasteiger charge is -2.26. The van der Waals surface area contributed by atoms with Gasteiger partial charge in [-0.15, -0.1) is 0 Å². The molecule has 2 unspecified atom stereocenters. The lowest BCUT2D eigenvalue weighted by Crippen LogP contribution is -2.31. The van der Waals surface area contributed by atoms with E-state index in [1.54, 1.807) is 13.2 Å². The Kier molecular flexibility index (Phi) is 6.27. The van der Waals surface area contributed by atoms with Gasteiger partial charge in [0, 0.05) is 25.1 Å². The van der Waals surface area contributed by atoms with Crippen LogP contribution in [0, 0.1) is 5.92 Å². The molecule has 2 aliphatic rings. The molecule has 0 amide bonds. The summed E-state index contributed by atoms with van der Waals surface area (Å²) in [6.07, 6.45) is -1.19. The average molecular weight is 397 g/mol. The van der Waals surface area contributed by atoms with Crippen LogP contribution in [0.2, 0.25) is 0 Å². The van der Waals surface area contributed by atoms with Crippen molar-refractivity contribution in [3.05, 3.63) is 35.5 Å². The van der Waals surface area contributed by atoms with Gasteiger partial charge < -0.3 is 9.47 Å². The normalized spacial score (nSPS) is 24.5. The molecule has 8 heteroatoms. The maximum absolute atomic E-state index is 13.1. The van der Waals surface area contributed by atoms with Crippen LogP contribution in [0.15, 0.2) is 34.8 Å². The third kappa shape index (κ3) is 4.84. The molecule has 0 spiro atoms. The van der Waals surface area contributed by atoms with Gasteiger partial charge >= 0.3 is 6.18 Å². The summed E-state index contributed by atoms with van der Waals surface area (Å²) in [7, 11) is 2.94. The van der Waals surface area contributed by atoms with Crippen molar-refractivity contribution in [3.63, 3.8) is 0 Å². The van der Waals surface area contributed by atoms with Crippen LogP contribution in [0.25, 0.3) is 0 Å². The van der Waals surface area contributed by atoms with Gasteiger partial charge in [-0.05, 0) is 44.4 Å². The molecule has 3 heterocycles. The number of dihydropyridines is 1. The van der Waals surface area contributed by atoms with Gasteiger partial charge in [-0.2, -0.15) is 13.2 Å². The summed E-state index contributed by atoms with van der Waals surface area (Å²) in [6, 6.07) is 4.12. The third-order valence-corrected chi connectivity index (χ3v) is 5.45. The van der Waals surface area contributed by atoms with Gasteiger partial charge in [0.2, 0.25) is 11.8 Å². The van der Waals surface area contributed by atoms with Gasteiger partial charge in [0.05, 0.1) is 19.9 Å². The van der Waals surface area contributed by atoms with Gasteiger partial charge in [-0.25, -0.2) is 9.98 Å². The Morgan fingerprint density at radius 3 is 2.71 bits per heavy atom. The molecular weight excluding hydrogens is 371 g/mol. The molecule has 0 bridgehead atoms. The van der Waals surface area contributed by atoms with E-state index in [1.807, 2.05) is 18.2 Å². The van der Waals surface area contributed by atoms with Gasteiger partial charge in [0.25, 0.3) is 0 Å². The van der Waals surface area contributed by atoms with Crippen molar-refractivity contribution < 1.29 is 22.6 Å². The van der Waals surface area contributed by atoms with Crippen molar-refractivity contribution >= 4 is 5.90 Å². The second-order valence-corrected chi connectivity index (χ2v) is 7.37. The van der Waals surface area contributed by atoms with Crippen LogP contribution in [0.3, 0.4) is 0 Å². The second-order valence-electron chi connectivity index (χ2n) is 7.37. The van der Waals surface area contributed by atoms with E-state index in [0.717, 1.165) is 30.8 Å². The number of hydrogen-bond acceptors (Lipinski definition) is 5. The van der Waals surface area contributed by atoms with Crippen LogP contribution in [0.4, 0.5) is 13.2 Å². The molecule has 0 saturated carbocycles. The van der Waals surface area contributed by atoms with Crippen molar-refractivity contribution in [1.82, 2.24) is 9.88 Å². The van der Waals surface area contributed by atoms with E-state index in [1.165, 1.54) is 7.11 Å². The van der Waals surface area contributed by atoms with E-state index in [-0.39, 0.29) is 18.4 Å². The number of alkyl halides is 3. The summed E-state index contributed by atoms with van der Waals surface area (Å²) in [6.45, 7) is 3.82. The summed E-state index contributed by atoms with van der Waals surface area (Å²) in [4.78, 5) is 10.5. The number of pyridine rings is 1. The quantitative estimate of drug-likeness (QED) is 0.748. The van der Waals surface area contributed by atoms with Crippen LogP contribution in [0.5, 0.6) is 5.88 Å². The number of rotatable bonds is 5. The zero-order valence-corrected chi connectivity index (χ0v) is 16.4. The fourth-order valence-corrected chi connectivity index (χ4v) is 3.88. The zero-order valence-electron chi connectivity index (χ0n) is 16.4. The van der Waals surface area contributed by atoms with Crippen LogP contribution in [-0.2, 0) is 4.74 Å². The van der Waals surface area contributed by atoms with Crippen molar-refractivity contribution in [2.75, 3.05) is 27.3 Å². The fourth-order valence-electron chi connectivity index (χ4n) is 3.88. The molecule has 0 N–H and O–H groups in total. The third-order valence-electron chi connectivity index (χ3n) is 5.45. The molecule has 3 atom stereocenters. The molecule has 1 aromatic heterocycles. The zero-order chi connectivity index (χ0) is 20.3. The van der Waals surface area contributed by atoms with E-state index in [2.05, 4.69) is 21.8 Å². The van der Waals surface area contributed by atoms with Crippen molar-refractivity contribution in [2.24, 2.45) is 10.9 Å². The van der Waals surface area contributed by atoms with Gasteiger partial charge in [-0.3, -0.25) is 4.90 Å². The summed E-state index contributed by atoms with van der Waals surface area (Å²) in [5.74, 6) is 0.953. The monoisotopic (exact) mass is 397 g/mol. The molecule has 0 aromatic carbocycles. The van der Waals surface area contributed by atoms with Crippen LogP contribution in [0.1, 0.15) is 37.9 Å². The lowest BCUT2D eigenvalue weighted by molar-refractivity contribution is -0.147. The van der Waals surface area contributed by atoms with Crippen molar-refractivity contribution in [1.29, 1.82) is 0 Å². The molecule has 154 valence electrons. The molecule has 2 aliphatic heterocycles. The number of aliphatic imine (C=N–C) groups is 1. The van der Waals surface area contributed by atoms with Crippen LogP contribution >= 0.6 is 0 Å². The molecule has 1 aromatic rings. The first-order chi connectivity index (χ1) is 13.3. The number of aromatic nitrogens is 1. The Morgan fingerprint density at radius 2 is 2.04 bits per heavy atom. The van der Waals surface area contributed by atoms with E-state index < -0.39 is 12.2 Å². The van der Waals surface area contributed by atoms with E-state index in [4.69, 9.17) is 9.47 Å². The number of methoxy groups -OCH3 is 2. The first-order valence-electron chi connectivity index (χ1n) is 9.43. The van der Waals surface area contributed by atoms with Gasteiger partial charge in [0.15, 0.2) is 6.04 Å². The predicted octanol–water partition coefficient (Wildman–Crippen LogP) is 4.17. The Hall–Kier alpha value is -2.09. The summed E-state index contributed by atoms with van der Waals surface area (Å²) in [5.41, 5.74) is 1.69. The highest BCUT2D eigenvalue weighted by Crippen LogP contribution is 2.35. The minimum atomic E-state index is -4.35. The molecule has 0 aliphatic carbocycles. The highest BCUT2D eigenvalue weighted by atomic mass is 19.4. The van der Waals surface area contributed by atoms with Gasteiger partial charge in [0.1, 0.15) is 0 Å². The number of hydrogen-bond donors (Lipinski definition) is 0. The predicted molar refractivity (Wildman–Crippen MR) is 100 cm³/mol. The second kappa shape index (κ2) is 8.51. The minimum Gasteiger partial charge on any atom is -0.481 e. The lowest BCUT2D eigenvalue weighted by atomic mass is 9.92. The smallest absolute Gasteiger partial charge is 0.411 e.